The molecule has 0 saturated heterocycles. The van der Waals surface area contributed by atoms with Crippen LogP contribution in [0, 0.1) is 13.8 Å². The molecular weight excluding hydrogens is 334 g/mol. The number of aliphatic hydroxyl groups is 1. The van der Waals surface area contributed by atoms with Crippen molar-refractivity contribution in [2.45, 2.75) is 24.8 Å². The monoisotopic (exact) mass is 353 g/mol. The highest BCUT2D eigenvalue weighted by Crippen LogP contribution is 2.32. The minimum absolute atomic E-state index is 0.108. The lowest BCUT2D eigenvalue weighted by Gasteiger charge is -2.20. The number of aliphatic hydroxyl groups excluding tert-OH is 1. The number of hydrogen-bond acceptors (Lipinski definition) is 6. The fourth-order valence-corrected chi connectivity index (χ4v) is 3.99. The second-order valence-electron chi connectivity index (χ2n) is 5.53. The van der Waals surface area contributed by atoms with Crippen molar-refractivity contribution in [3.63, 3.8) is 0 Å². The van der Waals surface area contributed by atoms with Crippen LogP contribution in [0.2, 0.25) is 0 Å². The van der Waals surface area contributed by atoms with Crippen LogP contribution in [-0.4, -0.2) is 43.5 Å². The van der Waals surface area contributed by atoms with Crippen molar-refractivity contribution < 1.29 is 23.0 Å². The van der Waals surface area contributed by atoms with Gasteiger partial charge in [-0.1, -0.05) is 6.07 Å². The third-order valence-electron chi connectivity index (χ3n) is 3.75. The standard InChI is InChI=1S/C15H19N3O5S/c1-9-15(10(2)18-17-9)24(20,21)16-8-12(19)11-3-4-13-14(7-11)23-6-5-22-13/h3-4,7,12,16,19H,5-6,8H2,1-2H3,(H,17,18). The predicted octanol–water partition coefficient (Wildman–Crippen LogP) is 0.810. The SMILES string of the molecule is Cc1n[nH]c(C)c1S(=O)(=O)NCC(O)c1ccc2c(c1)OCCO2. The lowest BCUT2D eigenvalue weighted by Crippen LogP contribution is -2.29. The highest BCUT2D eigenvalue weighted by atomic mass is 32.2. The number of aromatic nitrogens is 2. The molecule has 0 aliphatic carbocycles. The minimum Gasteiger partial charge on any atom is -0.486 e. The number of hydrogen-bond donors (Lipinski definition) is 3. The van der Waals surface area contributed by atoms with Gasteiger partial charge in [0.15, 0.2) is 11.5 Å². The van der Waals surface area contributed by atoms with Crippen molar-refractivity contribution in [1.29, 1.82) is 0 Å². The van der Waals surface area contributed by atoms with Crippen molar-refractivity contribution in [3.8, 4) is 11.5 Å². The average Bonchev–Trinajstić information content (AvgIpc) is 2.91. The zero-order valence-corrected chi connectivity index (χ0v) is 14.2. The fraction of sp³-hybridized carbons (Fsp3) is 0.400. The van der Waals surface area contributed by atoms with Gasteiger partial charge < -0.3 is 14.6 Å². The minimum atomic E-state index is -3.76. The molecule has 9 heteroatoms. The van der Waals surface area contributed by atoms with Crippen LogP contribution in [0.5, 0.6) is 11.5 Å². The molecule has 0 fully saturated rings. The lowest BCUT2D eigenvalue weighted by atomic mass is 10.1. The number of ether oxygens (including phenoxy) is 2. The van der Waals surface area contributed by atoms with E-state index >= 15 is 0 Å². The molecule has 24 heavy (non-hydrogen) atoms. The summed E-state index contributed by atoms with van der Waals surface area (Å²) >= 11 is 0. The topological polar surface area (TPSA) is 114 Å². The van der Waals surface area contributed by atoms with Crippen LogP contribution >= 0.6 is 0 Å². The molecule has 3 N–H and O–H groups in total. The van der Waals surface area contributed by atoms with Crippen LogP contribution in [-0.2, 0) is 10.0 Å². The molecule has 1 aromatic carbocycles. The van der Waals surface area contributed by atoms with Crippen LogP contribution < -0.4 is 14.2 Å². The molecule has 0 amide bonds. The first-order valence-corrected chi connectivity index (χ1v) is 8.95. The van der Waals surface area contributed by atoms with Crippen molar-refractivity contribution in [2.75, 3.05) is 19.8 Å². The van der Waals surface area contributed by atoms with Gasteiger partial charge in [0.05, 0.1) is 17.5 Å². The Morgan fingerprint density at radius 2 is 2.00 bits per heavy atom. The molecule has 1 aromatic heterocycles. The molecule has 3 rings (SSSR count). The third-order valence-corrected chi connectivity index (χ3v) is 5.43. The van der Waals surface area contributed by atoms with Crippen LogP contribution in [0.4, 0.5) is 0 Å². The van der Waals surface area contributed by atoms with Gasteiger partial charge in [-0.15, -0.1) is 0 Å². The van der Waals surface area contributed by atoms with E-state index < -0.39 is 16.1 Å². The summed E-state index contributed by atoms with van der Waals surface area (Å²) in [6, 6.07) is 5.04. The Hall–Kier alpha value is -2.10. The van der Waals surface area contributed by atoms with E-state index in [-0.39, 0.29) is 11.4 Å². The maximum Gasteiger partial charge on any atom is 0.244 e. The van der Waals surface area contributed by atoms with E-state index in [1.54, 1.807) is 32.0 Å². The molecule has 2 heterocycles. The highest BCUT2D eigenvalue weighted by molar-refractivity contribution is 7.89. The van der Waals surface area contributed by atoms with E-state index in [0.717, 1.165) is 0 Å². The second kappa shape index (κ2) is 6.42. The van der Waals surface area contributed by atoms with Gasteiger partial charge in [-0.2, -0.15) is 5.10 Å². The zero-order valence-electron chi connectivity index (χ0n) is 13.4. The molecule has 1 unspecified atom stereocenters. The Morgan fingerprint density at radius 3 is 2.67 bits per heavy atom. The summed E-state index contributed by atoms with van der Waals surface area (Å²) in [4.78, 5) is 0.108. The first-order valence-electron chi connectivity index (χ1n) is 7.47. The number of sulfonamides is 1. The van der Waals surface area contributed by atoms with E-state index in [1.165, 1.54) is 0 Å². The Balaban J connectivity index is 1.72. The Labute approximate surface area is 139 Å². The normalized spacial score (nSPS) is 15.3. The maximum absolute atomic E-state index is 12.4. The molecule has 1 atom stereocenters. The van der Waals surface area contributed by atoms with Gasteiger partial charge in [-0.3, -0.25) is 5.10 Å². The first-order chi connectivity index (χ1) is 11.4. The van der Waals surface area contributed by atoms with Gasteiger partial charge >= 0.3 is 0 Å². The molecule has 2 aromatic rings. The lowest BCUT2D eigenvalue weighted by molar-refractivity contribution is 0.165. The number of nitrogens with one attached hydrogen (secondary N) is 2. The molecule has 8 nitrogen and oxygen atoms in total. The molecule has 1 aliphatic rings. The summed E-state index contributed by atoms with van der Waals surface area (Å²) in [5.41, 5.74) is 1.38. The molecule has 0 bridgehead atoms. The number of nitrogens with zero attached hydrogens (tertiary/aromatic N) is 1. The van der Waals surface area contributed by atoms with Gasteiger partial charge in [-0.25, -0.2) is 13.1 Å². The molecule has 1 aliphatic heterocycles. The Bertz CT molecular complexity index is 827. The van der Waals surface area contributed by atoms with E-state index in [0.29, 0.717) is 41.7 Å². The number of aryl methyl sites for hydroxylation is 2. The quantitative estimate of drug-likeness (QED) is 0.733. The number of aromatic amines is 1. The van der Waals surface area contributed by atoms with Crippen LogP contribution in [0.1, 0.15) is 23.1 Å². The van der Waals surface area contributed by atoms with Gasteiger partial charge in [-0.05, 0) is 31.5 Å². The number of benzene rings is 1. The largest absolute Gasteiger partial charge is 0.486 e. The second-order valence-corrected chi connectivity index (χ2v) is 7.24. The van der Waals surface area contributed by atoms with Gasteiger partial charge in [0, 0.05) is 6.54 Å². The zero-order chi connectivity index (χ0) is 17.3. The average molecular weight is 353 g/mol. The number of fused-ring (bicyclic) bond motifs is 1. The van der Waals surface area contributed by atoms with E-state index in [4.69, 9.17) is 9.47 Å². The number of H-pyrrole nitrogens is 1. The van der Waals surface area contributed by atoms with Crippen molar-refractivity contribution in [1.82, 2.24) is 14.9 Å². The van der Waals surface area contributed by atoms with Gasteiger partial charge in [0.2, 0.25) is 10.0 Å². The van der Waals surface area contributed by atoms with E-state index in [9.17, 15) is 13.5 Å². The van der Waals surface area contributed by atoms with Crippen LogP contribution in [0.15, 0.2) is 23.1 Å². The van der Waals surface area contributed by atoms with Crippen molar-refractivity contribution in [2.24, 2.45) is 0 Å². The van der Waals surface area contributed by atoms with Crippen LogP contribution in [0.25, 0.3) is 0 Å². The molecule has 0 radical (unpaired) electrons. The fourth-order valence-electron chi connectivity index (χ4n) is 2.58. The number of rotatable bonds is 5. The van der Waals surface area contributed by atoms with E-state index in [1.807, 2.05) is 0 Å². The van der Waals surface area contributed by atoms with Crippen LogP contribution in [0.3, 0.4) is 0 Å². The summed E-state index contributed by atoms with van der Waals surface area (Å²) in [6.45, 7) is 4.00. The summed E-state index contributed by atoms with van der Waals surface area (Å²) in [5, 5.41) is 16.8. The first kappa shape index (κ1) is 16.7. The van der Waals surface area contributed by atoms with E-state index in [2.05, 4.69) is 14.9 Å². The summed E-state index contributed by atoms with van der Waals surface area (Å²) in [5.74, 6) is 1.16. The molecule has 130 valence electrons. The third kappa shape index (κ3) is 3.23. The predicted molar refractivity (Wildman–Crippen MR) is 85.6 cm³/mol. The highest BCUT2D eigenvalue weighted by Gasteiger charge is 2.23. The van der Waals surface area contributed by atoms with Gasteiger partial charge in [0.1, 0.15) is 18.1 Å². The molecule has 0 saturated carbocycles. The Kier molecular flexibility index (Phi) is 4.48. The smallest absolute Gasteiger partial charge is 0.244 e. The van der Waals surface area contributed by atoms with Gasteiger partial charge in [0.25, 0.3) is 0 Å². The summed E-state index contributed by atoms with van der Waals surface area (Å²) in [7, 11) is -3.76. The maximum atomic E-state index is 12.4. The molecular formula is C15H19N3O5S. The Morgan fingerprint density at radius 1 is 1.29 bits per heavy atom. The summed E-state index contributed by atoms with van der Waals surface area (Å²) in [6.07, 6.45) is -1.01. The van der Waals surface area contributed by atoms with Crippen molar-refractivity contribution >= 4 is 10.0 Å². The van der Waals surface area contributed by atoms with Crippen molar-refractivity contribution in [3.05, 3.63) is 35.2 Å². The molecule has 0 spiro atoms. The summed E-state index contributed by atoms with van der Waals surface area (Å²) < 4.78 is 38.0.